The van der Waals surface area contributed by atoms with Gasteiger partial charge in [-0.2, -0.15) is 0 Å². The van der Waals surface area contributed by atoms with Crippen molar-refractivity contribution in [2.45, 2.75) is 19.4 Å². The molecule has 0 aliphatic carbocycles. The summed E-state index contributed by atoms with van der Waals surface area (Å²) in [6.07, 6.45) is 0.0390. The fourth-order valence-electron chi connectivity index (χ4n) is 2.16. The molecule has 0 fully saturated rings. The lowest BCUT2D eigenvalue weighted by Gasteiger charge is -2.18. The number of hydrogen-bond acceptors (Lipinski definition) is 2. The summed E-state index contributed by atoms with van der Waals surface area (Å²) in [7, 11) is 0. The van der Waals surface area contributed by atoms with Gasteiger partial charge in [-0.3, -0.25) is 9.59 Å². The predicted molar refractivity (Wildman–Crippen MR) is 87.7 cm³/mol. The van der Waals surface area contributed by atoms with E-state index < -0.39 is 11.9 Å². The highest BCUT2D eigenvalue weighted by atomic mass is 35.5. The van der Waals surface area contributed by atoms with E-state index in [1.54, 1.807) is 0 Å². The number of hydrogen-bond donors (Lipinski definition) is 2. The van der Waals surface area contributed by atoms with Crippen LogP contribution in [0.4, 0.5) is 10.1 Å². The van der Waals surface area contributed by atoms with Crippen LogP contribution in [-0.2, 0) is 9.59 Å². The fraction of sp³-hybridized carbons (Fsp3) is 0.176. The first kappa shape index (κ1) is 17.0. The molecule has 2 rings (SSSR count). The van der Waals surface area contributed by atoms with E-state index in [4.69, 9.17) is 11.6 Å². The average Bonchev–Trinajstić information content (AvgIpc) is 2.50. The highest BCUT2D eigenvalue weighted by Crippen LogP contribution is 2.24. The van der Waals surface area contributed by atoms with Crippen LogP contribution in [0.2, 0.25) is 5.02 Å². The lowest BCUT2D eigenvalue weighted by molar-refractivity contribution is -0.120. The van der Waals surface area contributed by atoms with E-state index in [2.05, 4.69) is 10.6 Å². The first-order valence-corrected chi connectivity index (χ1v) is 7.40. The summed E-state index contributed by atoms with van der Waals surface area (Å²) in [6, 6.07) is 12.5. The van der Waals surface area contributed by atoms with Crippen LogP contribution >= 0.6 is 11.6 Å². The van der Waals surface area contributed by atoms with Gasteiger partial charge in [-0.1, -0.05) is 41.9 Å². The van der Waals surface area contributed by atoms with E-state index in [-0.39, 0.29) is 23.3 Å². The van der Waals surface area contributed by atoms with Crippen molar-refractivity contribution in [1.82, 2.24) is 5.32 Å². The molecule has 2 aromatic rings. The second kappa shape index (κ2) is 7.74. The summed E-state index contributed by atoms with van der Waals surface area (Å²) in [5.41, 5.74) is 1.15. The summed E-state index contributed by atoms with van der Waals surface area (Å²) in [5.74, 6) is -1.04. The van der Waals surface area contributed by atoms with Crippen molar-refractivity contribution in [3.05, 3.63) is 64.9 Å². The summed E-state index contributed by atoms with van der Waals surface area (Å²) < 4.78 is 13.0. The monoisotopic (exact) mass is 334 g/mol. The summed E-state index contributed by atoms with van der Waals surface area (Å²) in [5, 5.41) is 5.49. The van der Waals surface area contributed by atoms with Crippen LogP contribution in [0, 0.1) is 5.82 Å². The van der Waals surface area contributed by atoms with Crippen molar-refractivity contribution in [2.24, 2.45) is 0 Å². The third-order valence-electron chi connectivity index (χ3n) is 3.17. The summed E-state index contributed by atoms with van der Waals surface area (Å²) >= 11 is 5.89. The number of nitrogens with one attached hydrogen (secondary N) is 2. The Hall–Kier alpha value is -2.40. The van der Waals surface area contributed by atoms with E-state index in [1.807, 2.05) is 30.3 Å². The van der Waals surface area contributed by atoms with Gasteiger partial charge in [0.15, 0.2) is 0 Å². The summed E-state index contributed by atoms with van der Waals surface area (Å²) in [6.45, 7) is 1.39. The molecule has 0 bridgehead atoms. The average molecular weight is 335 g/mol. The maximum absolute atomic E-state index is 13.0. The summed E-state index contributed by atoms with van der Waals surface area (Å²) in [4.78, 5) is 23.6. The van der Waals surface area contributed by atoms with E-state index in [9.17, 15) is 14.0 Å². The minimum atomic E-state index is -0.478. The number of carbonyl (C=O) groups excluding carboxylic acids is 2. The van der Waals surface area contributed by atoms with Gasteiger partial charge in [-0.15, -0.1) is 0 Å². The molecule has 0 saturated heterocycles. The molecule has 6 heteroatoms. The molecule has 0 saturated carbocycles. The van der Waals surface area contributed by atoms with Crippen LogP contribution < -0.4 is 10.6 Å². The molecular formula is C17H16ClFN2O2. The Bertz CT molecular complexity index is 707. The fourth-order valence-corrected chi connectivity index (χ4v) is 2.37. The number of anilines is 1. The number of benzene rings is 2. The molecule has 0 heterocycles. The number of halogens is 2. The van der Waals surface area contributed by atoms with Crippen LogP contribution in [-0.4, -0.2) is 11.8 Å². The van der Waals surface area contributed by atoms with Gasteiger partial charge < -0.3 is 10.6 Å². The maximum atomic E-state index is 13.0. The van der Waals surface area contributed by atoms with Gasteiger partial charge in [0.2, 0.25) is 11.8 Å². The third-order valence-corrected chi connectivity index (χ3v) is 3.49. The minimum Gasteiger partial charge on any atom is -0.349 e. The Balaban J connectivity index is 2.09. The molecule has 23 heavy (non-hydrogen) atoms. The second-order valence-corrected chi connectivity index (χ2v) is 5.45. The van der Waals surface area contributed by atoms with E-state index in [0.717, 1.165) is 11.6 Å². The zero-order chi connectivity index (χ0) is 16.8. The minimum absolute atomic E-state index is 0.0390. The molecule has 0 spiro atoms. The Morgan fingerprint density at radius 1 is 1.17 bits per heavy atom. The van der Waals surface area contributed by atoms with Gasteiger partial charge in [-0.25, -0.2) is 4.39 Å². The van der Waals surface area contributed by atoms with Crippen molar-refractivity contribution in [3.63, 3.8) is 0 Å². The SMILES string of the molecule is CC(=O)NC(CC(=O)Nc1ccc(F)cc1Cl)c1ccccc1. The van der Waals surface area contributed by atoms with Crippen LogP contribution in [0.5, 0.6) is 0 Å². The van der Waals surface area contributed by atoms with Gasteiger partial charge in [0.05, 0.1) is 23.2 Å². The van der Waals surface area contributed by atoms with Gasteiger partial charge in [-0.05, 0) is 23.8 Å². The lowest BCUT2D eigenvalue weighted by atomic mass is 10.0. The molecule has 120 valence electrons. The Morgan fingerprint density at radius 2 is 1.87 bits per heavy atom. The zero-order valence-corrected chi connectivity index (χ0v) is 13.2. The molecule has 2 N–H and O–H groups in total. The number of amides is 2. The zero-order valence-electron chi connectivity index (χ0n) is 12.5. The van der Waals surface area contributed by atoms with Crippen LogP contribution in [0.15, 0.2) is 48.5 Å². The van der Waals surface area contributed by atoms with Crippen molar-refractivity contribution < 1.29 is 14.0 Å². The van der Waals surface area contributed by atoms with E-state index >= 15 is 0 Å². The molecule has 2 amide bonds. The molecule has 1 atom stereocenters. The lowest BCUT2D eigenvalue weighted by Crippen LogP contribution is -2.29. The normalized spacial score (nSPS) is 11.6. The molecule has 0 radical (unpaired) electrons. The van der Waals surface area contributed by atoms with Crippen molar-refractivity contribution in [3.8, 4) is 0 Å². The van der Waals surface area contributed by atoms with Crippen molar-refractivity contribution >= 4 is 29.1 Å². The molecular weight excluding hydrogens is 319 g/mol. The standard InChI is InChI=1S/C17H16ClFN2O2/c1-11(22)20-16(12-5-3-2-4-6-12)10-17(23)21-15-8-7-13(19)9-14(15)18/h2-9,16H,10H2,1H3,(H,20,22)(H,21,23). The highest BCUT2D eigenvalue weighted by Gasteiger charge is 2.17. The highest BCUT2D eigenvalue weighted by molar-refractivity contribution is 6.33. The van der Waals surface area contributed by atoms with Crippen LogP contribution in [0.1, 0.15) is 24.9 Å². The van der Waals surface area contributed by atoms with E-state index in [0.29, 0.717) is 5.69 Å². The van der Waals surface area contributed by atoms with Crippen LogP contribution in [0.25, 0.3) is 0 Å². The molecule has 2 aromatic carbocycles. The predicted octanol–water partition coefficient (Wildman–Crippen LogP) is 3.69. The van der Waals surface area contributed by atoms with Crippen molar-refractivity contribution in [1.29, 1.82) is 0 Å². The molecule has 4 nitrogen and oxygen atoms in total. The first-order valence-electron chi connectivity index (χ1n) is 7.02. The topological polar surface area (TPSA) is 58.2 Å². The first-order chi connectivity index (χ1) is 11.0. The smallest absolute Gasteiger partial charge is 0.226 e. The largest absolute Gasteiger partial charge is 0.349 e. The molecule has 0 aliphatic heterocycles. The number of rotatable bonds is 5. The number of carbonyl (C=O) groups is 2. The van der Waals surface area contributed by atoms with Gasteiger partial charge in [0.1, 0.15) is 5.82 Å². The van der Waals surface area contributed by atoms with Crippen molar-refractivity contribution in [2.75, 3.05) is 5.32 Å². The molecule has 1 unspecified atom stereocenters. The second-order valence-electron chi connectivity index (χ2n) is 5.04. The molecule has 0 aromatic heterocycles. The quantitative estimate of drug-likeness (QED) is 0.876. The Labute approximate surface area is 138 Å². The van der Waals surface area contributed by atoms with Gasteiger partial charge in [0, 0.05) is 6.92 Å². The third kappa shape index (κ3) is 5.07. The Kier molecular flexibility index (Phi) is 5.71. The Morgan fingerprint density at radius 3 is 2.48 bits per heavy atom. The van der Waals surface area contributed by atoms with Crippen LogP contribution in [0.3, 0.4) is 0 Å². The maximum Gasteiger partial charge on any atom is 0.226 e. The van der Waals surface area contributed by atoms with Gasteiger partial charge in [0.25, 0.3) is 0 Å². The van der Waals surface area contributed by atoms with Gasteiger partial charge >= 0.3 is 0 Å². The molecule has 0 aliphatic rings. The van der Waals surface area contributed by atoms with E-state index in [1.165, 1.54) is 19.1 Å².